The van der Waals surface area contributed by atoms with Crippen molar-refractivity contribution in [3.8, 4) is 5.75 Å². The van der Waals surface area contributed by atoms with E-state index in [9.17, 15) is 4.79 Å². The van der Waals surface area contributed by atoms with E-state index in [0.29, 0.717) is 10.8 Å². The van der Waals surface area contributed by atoms with Crippen molar-refractivity contribution in [3.05, 3.63) is 56.6 Å². The number of amides is 1. The van der Waals surface area contributed by atoms with Gasteiger partial charge in [0.15, 0.2) is 6.10 Å². The number of benzene rings is 2. The van der Waals surface area contributed by atoms with Crippen LogP contribution < -0.4 is 10.1 Å². The van der Waals surface area contributed by atoms with Gasteiger partial charge in [-0.05, 0) is 84.5 Å². The molecule has 5 heteroatoms. The summed E-state index contributed by atoms with van der Waals surface area (Å²) in [7, 11) is 0. The molecular weight excluding hydrogens is 401 g/mol. The molecule has 2 rings (SSSR count). The van der Waals surface area contributed by atoms with E-state index < -0.39 is 6.10 Å². The normalized spacial score (nSPS) is 11.8. The van der Waals surface area contributed by atoms with E-state index in [2.05, 4.69) is 27.9 Å². The topological polar surface area (TPSA) is 38.3 Å². The average molecular weight is 416 g/mol. The monoisotopic (exact) mass is 415 g/mol. The van der Waals surface area contributed by atoms with Crippen molar-refractivity contribution in [1.82, 2.24) is 0 Å². The van der Waals surface area contributed by atoms with Gasteiger partial charge in [-0.3, -0.25) is 4.79 Å². The van der Waals surface area contributed by atoms with Gasteiger partial charge in [0.2, 0.25) is 0 Å². The van der Waals surface area contributed by atoms with Crippen molar-refractivity contribution >= 4 is 45.8 Å². The van der Waals surface area contributed by atoms with E-state index in [1.807, 2.05) is 25.1 Å². The molecule has 1 atom stereocenters. The van der Waals surface area contributed by atoms with Gasteiger partial charge in [0.1, 0.15) is 5.75 Å². The van der Waals surface area contributed by atoms with Crippen LogP contribution in [-0.2, 0) is 4.79 Å². The zero-order valence-electron chi connectivity index (χ0n) is 11.7. The minimum Gasteiger partial charge on any atom is -0.481 e. The van der Waals surface area contributed by atoms with Crippen molar-refractivity contribution < 1.29 is 9.53 Å². The SMILES string of the molecule is Cc1cc(I)ccc1NC(=O)[C@@H](C)Oc1ccc(Cl)cc1. The molecule has 0 aliphatic rings. The van der Waals surface area contributed by atoms with Crippen LogP contribution in [-0.4, -0.2) is 12.0 Å². The highest BCUT2D eigenvalue weighted by molar-refractivity contribution is 14.1. The van der Waals surface area contributed by atoms with Gasteiger partial charge in [0, 0.05) is 14.3 Å². The zero-order chi connectivity index (χ0) is 15.4. The molecule has 0 aliphatic carbocycles. The third-order valence-corrected chi connectivity index (χ3v) is 3.87. The summed E-state index contributed by atoms with van der Waals surface area (Å²) in [6.07, 6.45) is -0.593. The zero-order valence-corrected chi connectivity index (χ0v) is 14.6. The van der Waals surface area contributed by atoms with Crippen LogP contribution in [0.25, 0.3) is 0 Å². The fourth-order valence-corrected chi connectivity index (χ4v) is 2.55. The second-order valence-corrected chi connectivity index (χ2v) is 6.34. The number of anilines is 1. The van der Waals surface area contributed by atoms with Crippen molar-refractivity contribution in [1.29, 1.82) is 0 Å². The Morgan fingerprint density at radius 1 is 1.24 bits per heavy atom. The summed E-state index contributed by atoms with van der Waals surface area (Å²) in [5, 5.41) is 3.51. The van der Waals surface area contributed by atoms with Gasteiger partial charge in [-0.15, -0.1) is 0 Å². The molecule has 0 unspecified atom stereocenters. The maximum Gasteiger partial charge on any atom is 0.265 e. The number of hydrogen-bond acceptors (Lipinski definition) is 2. The summed E-state index contributed by atoms with van der Waals surface area (Å²) >= 11 is 8.05. The number of carbonyl (C=O) groups excluding carboxylic acids is 1. The molecule has 0 spiro atoms. The van der Waals surface area contributed by atoms with Crippen molar-refractivity contribution in [2.75, 3.05) is 5.32 Å². The van der Waals surface area contributed by atoms with Gasteiger partial charge in [-0.2, -0.15) is 0 Å². The molecule has 0 saturated heterocycles. The van der Waals surface area contributed by atoms with Gasteiger partial charge in [0.25, 0.3) is 5.91 Å². The van der Waals surface area contributed by atoms with Crippen LogP contribution in [0.15, 0.2) is 42.5 Å². The van der Waals surface area contributed by atoms with E-state index in [4.69, 9.17) is 16.3 Å². The molecule has 2 aromatic rings. The quantitative estimate of drug-likeness (QED) is 0.738. The molecule has 21 heavy (non-hydrogen) atoms. The summed E-state index contributed by atoms with van der Waals surface area (Å²) in [4.78, 5) is 12.2. The Kier molecular flexibility index (Phi) is 5.47. The lowest BCUT2D eigenvalue weighted by Crippen LogP contribution is -2.30. The Balaban J connectivity index is 2.00. The van der Waals surface area contributed by atoms with Crippen LogP contribution in [0.1, 0.15) is 12.5 Å². The van der Waals surface area contributed by atoms with Gasteiger partial charge < -0.3 is 10.1 Å². The maximum atomic E-state index is 12.2. The van der Waals surface area contributed by atoms with Crippen LogP contribution >= 0.6 is 34.2 Å². The summed E-state index contributed by atoms with van der Waals surface area (Å²) in [5.74, 6) is 0.427. The highest BCUT2D eigenvalue weighted by Gasteiger charge is 2.15. The molecule has 0 aromatic heterocycles. The summed E-state index contributed by atoms with van der Waals surface area (Å²) in [6.45, 7) is 3.68. The molecule has 0 aliphatic heterocycles. The van der Waals surface area contributed by atoms with E-state index in [-0.39, 0.29) is 5.91 Å². The van der Waals surface area contributed by atoms with E-state index in [0.717, 1.165) is 14.8 Å². The van der Waals surface area contributed by atoms with Gasteiger partial charge in [0.05, 0.1) is 0 Å². The number of ether oxygens (including phenoxy) is 1. The third-order valence-electron chi connectivity index (χ3n) is 2.94. The van der Waals surface area contributed by atoms with Gasteiger partial charge in [-0.25, -0.2) is 0 Å². The molecule has 1 amide bonds. The standard InChI is InChI=1S/C16H15ClINO2/c1-10-9-13(18)5-8-15(10)19-16(20)11(2)21-14-6-3-12(17)4-7-14/h3-9,11H,1-2H3,(H,19,20)/t11-/m1/s1. The van der Waals surface area contributed by atoms with Crippen LogP contribution in [0.3, 0.4) is 0 Å². The van der Waals surface area contributed by atoms with Crippen LogP contribution in [0, 0.1) is 10.5 Å². The molecule has 0 saturated carbocycles. The highest BCUT2D eigenvalue weighted by atomic mass is 127. The van der Waals surface area contributed by atoms with E-state index >= 15 is 0 Å². The minimum absolute atomic E-state index is 0.186. The van der Waals surface area contributed by atoms with Crippen molar-refractivity contribution in [2.45, 2.75) is 20.0 Å². The van der Waals surface area contributed by atoms with Gasteiger partial charge in [-0.1, -0.05) is 11.6 Å². The average Bonchev–Trinajstić information content (AvgIpc) is 2.44. The summed E-state index contributed by atoms with van der Waals surface area (Å²) < 4.78 is 6.73. The molecule has 0 bridgehead atoms. The molecule has 2 aromatic carbocycles. The second kappa shape index (κ2) is 7.13. The smallest absolute Gasteiger partial charge is 0.265 e. The number of halogens is 2. The molecule has 3 nitrogen and oxygen atoms in total. The minimum atomic E-state index is -0.593. The summed E-state index contributed by atoms with van der Waals surface area (Å²) in [6, 6.07) is 12.8. The first-order valence-corrected chi connectivity index (χ1v) is 7.90. The first-order chi connectivity index (χ1) is 9.95. The van der Waals surface area contributed by atoms with Crippen molar-refractivity contribution in [2.24, 2.45) is 0 Å². The first kappa shape index (κ1) is 16.1. The van der Waals surface area contributed by atoms with Crippen LogP contribution in [0.5, 0.6) is 5.75 Å². The molecule has 0 fully saturated rings. The Labute approximate surface area is 142 Å². The third kappa shape index (κ3) is 4.61. The number of hydrogen-bond donors (Lipinski definition) is 1. The Morgan fingerprint density at radius 2 is 1.90 bits per heavy atom. The second-order valence-electron chi connectivity index (χ2n) is 4.66. The summed E-state index contributed by atoms with van der Waals surface area (Å²) in [5.41, 5.74) is 1.82. The molecule has 0 heterocycles. The van der Waals surface area contributed by atoms with Crippen molar-refractivity contribution in [3.63, 3.8) is 0 Å². The molecule has 1 N–H and O–H groups in total. The Morgan fingerprint density at radius 3 is 2.52 bits per heavy atom. The maximum absolute atomic E-state index is 12.2. The lowest BCUT2D eigenvalue weighted by atomic mass is 10.2. The molecule has 110 valence electrons. The highest BCUT2D eigenvalue weighted by Crippen LogP contribution is 2.20. The Bertz CT molecular complexity index is 643. The van der Waals surface area contributed by atoms with E-state index in [1.165, 1.54) is 0 Å². The lowest BCUT2D eigenvalue weighted by Gasteiger charge is -2.16. The molecule has 0 radical (unpaired) electrons. The fraction of sp³-hybridized carbons (Fsp3) is 0.188. The van der Waals surface area contributed by atoms with Gasteiger partial charge >= 0.3 is 0 Å². The lowest BCUT2D eigenvalue weighted by molar-refractivity contribution is -0.122. The number of carbonyl (C=O) groups is 1. The number of rotatable bonds is 4. The van der Waals surface area contributed by atoms with Crippen LogP contribution in [0.4, 0.5) is 5.69 Å². The van der Waals surface area contributed by atoms with E-state index in [1.54, 1.807) is 31.2 Å². The first-order valence-electron chi connectivity index (χ1n) is 6.45. The predicted molar refractivity (Wildman–Crippen MR) is 94.1 cm³/mol. The predicted octanol–water partition coefficient (Wildman–Crippen LogP) is 4.66. The number of aryl methyl sites for hydroxylation is 1. The largest absolute Gasteiger partial charge is 0.481 e. The number of nitrogens with one attached hydrogen (secondary N) is 1. The molecular formula is C16H15ClINO2. The van der Waals surface area contributed by atoms with Crippen LogP contribution in [0.2, 0.25) is 5.02 Å². The Hall–Kier alpha value is -1.27. The fourth-order valence-electron chi connectivity index (χ4n) is 1.77.